The molecule has 0 aliphatic heterocycles. The summed E-state index contributed by atoms with van der Waals surface area (Å²) in [7, 11) is 1.45. The molecule has 0 bridgehead atoms. The monoisotopic (exact) mass is 155 g/mol. The Morgan fingerprint density at radius 1 is 1.45 bits per heavy atom. The summed E-state index contributed by atoms with van der Waals surface area (Å²) in [5.74, 6) is 1.22. The molecule has 0 amide bonds. The van der Waals surface area contributed by atoms with Gasteiger partial charge in [0, 0.05) is 6.04 Å². The van der Waals surface area contributed by atoms with Crippen LogP contribution in [-0.2, 0) is 9.53 Å². The van der Waals surface area contributed by atoms with Gasteiger partial charge in [0.1, 0.15) is 0 Å². The smallest absolute Gasteiger partial charge is 0.309 e. The average Bonchev–Trinajstić information content (AvgIpc) is 2.72. The zero-order valence-corrected chi connectivity index (χ0v) is 6.62. The minimum absolute atomic E-state index is 0.0644. The predicted molar refractivity (Wildman–Crippen MR) is 39.7 cm³/mol. The van der Waals surface area contributed by atoms with Crippen LogP contribution >= 0.6 is 0 Å². The highest BCUT2D eigenvalue weighted by Gasteiger charge is 2.55. The Morgan fingerprint density at radius 3 is 2.55 bits per heavy atom. The number of hydrogen-bond acceptors (Lipinski definition) is 3. The maximum atomic E-state index is 11.1. The van der Waals surface area contributed by atoms with E-state index in [4.69, 9.17) is 5.73 Å². The Morgan fingerprint density at radius 2 is 2.18 bits per heavy atom. The summed E-state index contributed by atoms with van der Waals surface area (Å²) in [6.07, 6.45) is 1.98. The van der Waals surface area contributed by atoms with Gasteiger partial charge in [-0.1, -0.05) is 0 Å². The Bertz CT molecular complexity index is 193. The van der Waals surface area contributed by atoms with E-state index in [0.717, 1.165) is 12.8 Å². The molecule has 4 atom stereocenters. The molecule has 0 aromatic carbocycles. The van der Waals surface area contributed by atoms with Gasteiger partial charge in [0.05, 0.1) is 13.0 Å². The van der Waals surface area contributed by atoms with Crippen LogP contribution in [-0.4, -0.2) is 19.1 Å². The van der Waals surface area contributed by atoms with E-state index >= 15 is 0 Å². The van der Waals surface area contributed by atoms with Crippen LogP contribution in [0.5, 0.6) is 0 Å². The van der Waals surface area contributed by atoms with Crippen molar-refractivity contribution in [1.29, 1.82) is 0 Å². The molecule has 0 unspecified atom stereocenters. The zero-order valence-electron chi connectivity index (χ0n) is 6.62. The normalized spacial score (nSPS) is 46.7. The molecule has 2 rings (SSSR count). The minimum Gasteiger partial charge on any atom is -0.469 e. The van der Waals surface area contributed by atoms with E-state index in [2.05, 4.69) is 4.74 Å². The van der Waals surface area contributed by atoms with Crippen molar-refractivity contribution in [3.8, 4) is 0 Å². The number of carbonyl (C=O) groups is 1. The van der Waals surface area contributed by atoms with E-state index in [1.165, 1.54) is 7.11 Å². The first-order valence-electron chi connectivity index (χ1n) is 4.07. The fourth-order valence-corrected chi connectivity index (χ4v) is 2.26. The third kappa shape index (κ3) is 0.948. The van der Waals surface area contributed by atoms with Crippen LogP contribution in [0.25, 0.3) is 0 Å². The van der Waals surface area contributed by atoms with Crippen molar-refractivity contribution in [2.45, 2.75) is 18.9 Å². The van der Waals surface area contributed by atoms with Crippen molar-refractivity contribution in [2.24, 2.45) is 23.5 Å². The standard InChI is InChI=1S/C8H13NO2/c1-11-8(10)6-3-7(9)5-2-4(5)6/h4-7H,2-3,9H2,1H3/t4-,5+,6-,7+/m0/s1. The molecule has 0 aromatic heterocycles. The fourth-order valence-electron chi connectivity index (χ4n) is 2.26. The molecule has 0 radical (unpaired) electrons. The summed E-state index contributed by atoms with van der Waals surface area (Å²) in [5.41, 5.74) is 5.80. The van der Waals surface area contributed by atoms with Gasteiger partial charge in [-0.2, -0.15) is 0 Å². The zero-order chi connectivity index (χ0) is 8.01. The van der Waals surface area contributed by atoms with Crippen LogP contribution in [0.15, 0.2) is 0 Å². The average molecular weight is 155 g/mol. The Balaban J connectivity index is 2.02. The number of methoxy groups -OCH3 is 1. The third-order valence-corrected chi connectivity index (χ3v) is 2.99. The summed E-state index contributed by atoms with van der Waals surface area (Å²) >= 11 is 0. The first-order chi connectivity index (χ1) is 5.24. The van der Waals surface area contributed by atoms with Gasteiger partial charge in [-0.3, -0.25) is 4.79 Å². The van der Waals surface area contributed by atoms with Gasteiger partial charge in [0.25, 0.3) is 0 Å². The minimum atomic E-state index is -0.0644. The molecule has 2 aliphatic rings. The van der Waals surface area contributed by atoms with E-state index in [1.54, 1.807) is 0 Å². The van der Waals surface area contributed by atoms with Crippen LogP contribution in [0.4, 0.5) is 0 Å². The van der Waals surface area contributed by atoms with Crippen molar-refractivity contribution in [1.82, 2.24) is 0 Å². The Kier molecular flexibility index (Phi) is 1.42. The van der Waals surface area contributed by atoms with Crippen molar-refractivity contribution in [3.63, 3.8) is 0 Å². The number of rotatable bonds is 1. The summed E-state index contributed by atoms with van der Waals surface area (Å²) in [4.78, 5) is 11.1. The lowest BCUT2D eigenvalue weighted by Gasteiger charge is -2.09. The van der Waals surface area contributed by atoms with Crippen molar-refractivity contribution in [3.05, 3.63) is 0 Å². The van der Waals surface area contributed by atoms with E-state index < -0.39 is 0 Å². The second kappa shape index (κ2) is 2.21. The summed E-state index contributed by atoms with van der Waals surface area (Å²) in [6.45, 7) is 0. The van der Waals surface area contributed by atoms with Gasteiger partial charge in [-0.05, 0) is 24.7 Å². The molecule has 3 nitrogen and oxygen atoms in total. The summed E-state index contributed by atoms with van der Waals surface area (Å²) < 4.78 is 4.69. The highest BCUT2D eigenvalue weighted by molar-refractivity contribution is 5.74. The lowest BCUT2D eigenvalue weighted by molar-refractivity contribution is -0.145. The van der Waals surface area contributed by atoms with E-state index in [0.29, 0.717) is 11.8 Å². The fraction of sp³-hybridized carbons (Fsp3) is 0.875. The molecule has 0 aromatic rings. The number of ether oxygens (including phenoxy) is 1. The first kappa shape index (κ1) is 7.10. The lowest BCUT2D eigenvalue weighted by Crippen LogP contribution is -2.23. The molecule has 3 heteroatoms. The van der Waals surface area contributed by atoms with Crippen molar-refractivity contribution < 1.29 is 9.53 Å². The maximum absolute atomic E-state index is 11.1. The largest absolute Gasteiger partial charge is 0.469 e. The summed E-state index contributed by atoms with van der Waals surface area (Å²) in [6, 6.07) is 0.254. The molecule has 2 fully saturated rings. The molecular weight excluding hydrogens is 142 g/mol. The number of esters is 1. The second-order valence-corrected chi connectivity index (χ2v) is 3.59. The molecule has 0 saturated heterocycles. The van der Waals surface area contributed by atoms with Crippen LogP contribution in [0.1, 0.15) is 12.8 Å². The number of hydrogen-bond donors (Lipinski definition) is 1. The van der Waals surface area contributed by atoms with Gasteiger partial charge < -0.3 is 10.5 Å². The highest BCUT2D eigenvalue weighted by atomic mass is 16.5. The number of nitrogens with two attached hydrogens (primary N) is 1. The van der Waals surface area contributed by atoms with Crippen LogP contribution in [0.3, 0.4) is 0 Å². The topological polar surface area (TPSA) is 52.3 Å². The Labute approximate surface area is 65.9 Å². The van der Waals surface area contributed by atoms with Gasteiger partial charge in [0.2, 0.25) is 0 Å². The van der Waals surface area contributed by atoms with Crippen LogP contribution in [0.2, 0.25) is 0 Å². The second-order valence-electron chi connectivity index (χ2n) is 3.59. The SMILES string of the molecule is COC(=O)[C@H]1C[C@@H](N)[C@@H]2C[C@@H]21. The van der Waals surface area contributed by atoms with Gasteiger partial charge in [-0.25, -0.2) is 0 Å². The van der Waals surface area contributed by atoms with E-state index in [1.807, 2.05) is 0 Å². The number of fused-ring (bicyclic) bond motifs is 1. The molecule has 0 spiro atoms. The molecular formula is C8H13NO2. The van der Waals surface area contributed by atoms with E-state index in [9.17, 15) is 4.79 Å². The van der Waals surface area contributed by atoms with E-state index in [-0.39, 0.29) is 17.9 Å². The van der Waals surface area contributed by atoms with Crippen LogP contribution < -0.4 is 5.73 Å². The Hall–Kier alpha value is -0.570. The number of carbonyl (C=O) groups excluding carboxylic acids is 1. The quantitative estimate of drug-likeness (QED) is 0.548. The molecule has 2 N–H and O–H groups in total. The molecule has 0 heterocycles. The first-order valence-corrected chi connectivity index (χ1v) is 4.07. The molecule has 2 saturated carbocycles. The van der Waals surface area contributed by atoms with Gasteiger partial charge in [0.15, 0.2) is 0 Å². The predicted octanol–water partition coefficient (Wildman–Crippen LogP) is 0.143. The molecule has 11 heavy (non-hydrogen) atoms. The summed E-state index contributed by atoms with van der Waals surface area (Å²) in [5, 5.41) is 0. The third-order valence-electron chi connectivity index (χ3n) is 2.99. The molecule has 2 aliphatic carbocycles. The van der Waals surface area contributed by atoms with Crippen molar-refractivity contribution in [2.75, 3.05) is 7.11 Å². The van der Waals surface area contributed by atoms with Gasteiger partial charge >= 0.3 is 5.97 Å². The van der Waals surface area contributed by atoms with Gasteiger partial charge in [-0.15, -0.1) is 0 Å². The van der Waals surface area contributed by atoms with Crippen molar-refractivity contribution >= 4 is 5.97 Å². The highest BCUT2D eigenvalue weighted by Crippen LogP contribution is 2.54. The maximum Gasteiger partial charge on any atom is 0.309 e. The van der Waals surface area contributed by atoms with Crippen LogP contribution in [0, 0.1) is 17.8 Å². The lowest BCUT2D eigenvalue weighted by atomic mass is 10.0. The molecule has 62 valence electrons.